The number of aromatic nitrogens is 2. The van der Waals surface area contributed by atoms with E-state index in [1.807, 2.05) is 52.0 Å². The smallest absolute Gasteiger partial charge is 0.254 e. The molecule has 1 heterocycles. The maximum absolute atomic E-state index is 12.1. The maximum atomic E-state index is 12.1. The summed E-state index contributed by atoms with van der Waals surface area (Å²) in [7, 11) is 0. The van der Waals surface area contributed by atoms with Crippen LogP contribution in [-0.4, -0.2) is 16.1 Å². The van der Waals surface area contributed by atoms with Crippen LogP contribution in [0.5, 0.6) is 5.75 Å². The largest absolute Gasteiger partial charge is 0.491 e. The number of hydrogen-bond donors (Lipinski definition) is 1. The van der Waals surface area contributed by atoms with Gasteiger partial charge in [-0.2, -0.15) is 0 Å². The number of benzene rings is 1. The van der Waals surface area contributed by atoms with Crippen LogP contribution in [0.3, 0.4) is 0 Å². The van der Waals surface area contributed by atoms with Crippen LogP contribution in [0, 0.1) is 6.92 Å². The van der Waals surface area contributed by atoms with Gasteiger partial charge in [-0.1, -0.05) is 26.0 Å². The molecule has 21 heavy (non-hydrogen) atoms. The number of ether oxygens (including phenoxy) is 1. The van der Waals surface area contributed by atoms with Gasteiger partial charge in [-0.3, -0.25) is 4.79 Å². The molecule has 0 bridgehead atoms. The van der Waals surface area contributed by atoms with E-state index in [0.29, 0.717) is 11.4 Å². The molecule has 0 saturated heterocycles. The zero-order chi connectivity index (χ0) is 15.6. The van der Waals surface area contributed by atoms with Gasteiger partial charge in [-0.05, 0) is 32.9 Å². The number of nitrogens with one attached hydrogen (secondary N) is 1. The molecular weight excluding hydrogens is 264 g/mol. The fourth-order valence-electron chi connectivity index (χ4n) is 2.09. The van der Waals surface area contributed by atoms with Gasteiger partial charge in [0.25, 0.3) is 5.56 Å². The van der Waals surface area contributed by atoms with E-state index in [1.165, 1.54) is 0 Å². The van der Waals surface area contributed by atoms with E-state index in [-0.39, 0.29) is 17.6 Å². The Morgan fingerprint density at radius 1 is 1.19 bits per heavy atom. The van der Waals surface area contributed by atoms with Gasteiger partial charge >= 0.3 is 0 Å². The summed E-state index contributed by atoms with van der Waals surface area (Å²) < 4.78 is 5.71. The van der Waals surface area contributed by atoms with E-state index < -0.39 is 0 Å². The molecule has 1 aromatic carbocycles. The molecule has 2 aromatic rings. The van der Waals surface area contributed by atoms with Crippen LogP contribution in [0.2, 0.25) is 0 Å². The number of hydrogen-bond acceptors (Lipinski definition) is 3. The van der Waals surface area contributed by atoms with Crippen molar-refractivity contribution in [2.75, 3.05) is 0 Å². The van der Waals surface area contributed by atoms with Crippen LogP contribution < -0.4 is 10.3 Å². The van der Waals surface area contributed by atoms with Gasteiger partial charge in [0.2, 0.25) is 0 Å². The van der Waals surface area contributed by atoms with Crippen molar-refractivity contribution < 1.29 is 4.74 Å². The Morgan fingerprint density at radius 2 is 1.90 bits per heavy atom. The quantitative estimate of drug-likeness (QED) is 0.933. The topological polar surface area (TPSA) is 55.0 Å². The molecule has 0 aliphatic carbocycles. The van der Waals surface area contributed by atoms with Crippen LogP contribution in [0.15, 0.2) is 29.1 Å². The van der Waals surface area contributed by atoms with Gasteiger partial charge in [-0.25, -0.2) is 4.98 Å². The summed E-state index contributed by atoms with van der Waals surface area (Å²) in [5.41, 5.74) is 2.16. The normalized spacial score (nSPS) is 11.2. The Morgan fingerprint density at radius 3 is 2.52 bits per heavy atom. The summed E-state index contributed by atoms with van der Waals surface area (Å²) in [4.78, 5) is 19.5. The van der Waals surface area contributed by atoms with E-state index >= 15 is 0 Å². The van der Waals surface area contributed by atoms with E-state index in [9.17, 15) is 4.79 Å². The molecule has 112 valence electrons. The highest BCUT2D eigenvalue weighted by Gasteiger charge is 2.12. The third kappa shape index (κ3) is 3.51. The van der Waals surface area contributed by atoms with Crippen LogP contribution in [0.1, 0.15) is 45.0 Å². The first-order valence-corrected chi connectivity index (χ1v) is 7.26. The van der Waals surface area contributed by atoms with Gasteiger partial charge in [0.15, 0.2) is 0 Å². The zero-order valence-electron chi connectivity index (χ0n) is 13.2. The Balaban J connectivity index is 2.53. The van der Waals surface area contributed by atoms with Crippen molar-refractivity contribution in [3.63, 3.8) is 0 Å². The van der Waals surface area contributed by atoms with Crippen molar-refractivity contribution in [3.05, 3.63) is 46.0 Å². The number of nitrogens with zero attached hydrogens (tertiary/aromatic N) is 1. The minimum absolute atomic E-state index is 0.0844. The molecule has 0 radical (unpaired) electrons. The van der Waals surface area contributed by atoms with E-state index in [1.54, 1.807) is 6.92 Å². The van der Waals surface area contributed by atoms with Crippen molar-refractivity contribution in [3.8, 4) is 17.0 Å². The number of rotatable bonds is 4. The Hall–Kier alpha value is -2.10. The molecule has 0 aliphatic rings. The molecule has 0 unspecified atom stereocenters. The highest BCUT2D eigenvalue weighted by atomic mass is 16.5. The SMILES string of the molecule is Cc1c(-c2cccc(OC(C)C)c2)nc(C(C)C)[nH]c1=O. The first-order chi connectivity index (χ1) is 9.88. The third-order valence-electron chi connectivity index (χ3n) is 3.20. The fraction of sp³-hybridized carbons (Fsp3) is 0.412. The number of H-pyrrole nitrogens is 1. The molecule has 0 amide bonds. The molecule has 0 spiro atoms. The second kappa shape index (κ2) is 6.12. The van der Waals surface area contributed by atoms with E-state index in [0.717, 1.165) is 17.0 Å². The molecule has 1 aromatic heterocycles. The summed E-state index contributed by atoms with van der Waals surface area (Å²) in [6.07, 6.45) is 0.111. The van der Waals surface area contributed by atoms with Gasteiger partial charge < -0.3 is 9.72 Å². The lowest BCUT2D eigenvalue weighted by molar-refractivity contribution is 0.242. The van der Waals surface area contributed by atoms with Crippen molar-refractivity contribution >= 4 is 0 Å². The summed E-state index contributed by atoms with van der Waals surface area (Å²) >= 11 is 0. The van der Waals surface area contributed by atoms with Crippen LogP contribution in [-0.2, 0) is 0 Å². The molecule has 1 N–H and O–H groups in total. The average Bonchev–Trinajstić information content (AvgIpc) is 2.41. The molecule has 4 heteroatoms. The Labute approximate surface area is 125 Å². The minimum Gasteiger partial charge on any atom is -0.491 e. The predicted molar refractivity (Wildman–Crippen MR) is 84.9 cm³/mol. The first-order valence-electron chi connectivity index (χ1n) is 7.26. The predicted octanol–water partition coefficient (Wildman–Crippen LogP) is 3.66. The van der Waals surface area contributed by atoms with Crippen molar-refractivity contribution in [2.24, 2.45) is 0 Å². The lowest BCUT2D eigenvalue weighted by atomic mass is 10.1. The highest BCUT2D eigenvalue weighted by molar-refractivity contribution is 5.64. The molecule has 0 saturated carbocycles. The molecule has 0 fully saturated rings. The van der Waals surface area contributed by atoms with Crippen LogP contribution in [0.4, 0.5) is 0 Å². The summed E-state index contributed by atoms with van der Waals surface area (Å²) in [6, 6.07) is 7.71. The lowest BCUT2D eigenvalue weighted by Gasteiger charge is -2.13. The Bertz CT molecular complexity index is 687. The van der Waals surface area contributed by atoms with Gasteiger partial charge in [0, 0.05) is 17.0 Å². The fourth-order valence-corrected chi connectivity index (χ4v) is 2.09. The minimum atomic E-state index is -0.0844. The molecule has 2 rings (SSSR count). The third-order valence-corrected chi connectivity index (χ3v) is 3.20. The summed E-state index contributed by atoms with van der Waals surface area (Å²) in [5.74, 6) is 1.66. The maximum Gasteiger partial charge on any atom is 0.254 e. The number of aromatic amines is 1. The van der Waals surface area contributed by atoms with Crippen molar-refractivity contribution in [2.45, 2.75) is 46.6 Å². The second-order valence-electron chi connectivity index (χ2n) is 5.77. The Kier molecular flexibility index (Phi) is 4.46. The lowest BCUT2D eigenvalue weighted by Crippen LogP contribution is -2.17. The van der Waals surface area contributed by atoms with Gasteiger partial charge in [0.1, 0.15) is 11.6 Å². The van der Waals surface area contributed by atoms with E-state index in [4.69, 9.17) is 4.74 Å². The van der Waals surface area contributed by atoms with Crippen molar-refractivity contribution in [1.82, 2.24) is 9.97 Å². The average molecular weight is 286 g/mol. The zero-order valence-corrected chi connectivity index (χ0v) is 13.2. The van der Waals surface area contributed by atoms with Crippen LogP contribution >= 0.6 is 0 Å². The second-order valence-corrected chi connectivity index (χ2v) is 5.77. The molecule has 0 aliphatic heterocycles. The molecular formula is C17H22N2O2. The molecule has 0 atom stereocenters. The molecule has 4 nitrogen and oxygen atoms in total. The first kappa shape index (κ1) is 15.3. The van der Waals surface area contributed by atoms with Crippen molar-refractivity contribution in [1.29, 1.82) is 0 Å². The van der Waals surface area contributed by atoms with Crippen LogP contribution in [0.25, 0.3) is 11.3 Å². The van der Waals surface area contributed by atoms with E-state index in [2.05, 4.69) is 9.97 Å². The summed E-state index contributed by atoms with van der Waals surface area (Å²) in [6.45, 7) is 9.78. The van der Waals surface area contributed by atoms with Gasteiger partial charge in [-0.15, -0.1) is 0 Å². The monoisotopic (exact) mass is 286 g/mol. The standard InChI is InChI=1S/C17H22N2O2/c1-10(2)16-18-15(12(5)17(20)19-16)13-7-6-8-14(9-13)21-11(3)4/h6-11H,1-5H3,(H,18,19,20). The summed E-state index contributed by atoms with van der Waals surface area (Å²) in [5, 5.41) is 0. The van der Waals surface area contributed by atoms with Gasteiger partial charge in [0.05, 0.1) is 11.8 Å². The highest BCUT2D eigenvalue weighted by Crippen LogP contribution is 2.25.